The number of nitrogens with one attached hydrogen (secondary N) is 1. The molecule has 3 aromatic rings. The smallest absolute Gasteiger partial charge is 0.416 e. The first-order valence-electron chi connectivity index (χ1n) is 9.95. The summed E-state index contributed by atoms with van der Waals surface area (Å²) in [6.45, 7) is 3.16. The molecule has 168 valence electrons. The molecule has 8 nitrogen and oxygen atoms in total. The molecule has 0 saturated carbocycles. The molecule has 11 heteroatoms. The van der Waals surface area contributed by atoms with Crippen molar-refractivity contribution in [1.82, 2.24) is 19.5 Å². The highest BCUT2D eigenvalue weighted by molar-refractivity contribution is 5.89. The van der Waals surface area contributed by atoms with Crippen LogP contribution in [0.2, 0.25) is 0 Å². The second-order valence-electron chi connectivity index (χ2n) is 7.39. The highest BCUT2D eigenvalue weighted by Crippen LogP contribution is 2.26. The first kappa shape index (κ1) is 21.6. The molecule has 4 rings (SSSR count). The van der Waals surface area contributed by atoms with E-state index in [1.165, 1.54) is 36.2 Å². The summed E-state index contributed by atoms with van der Waals surface area (Å²) in [5.74, 6) is 0.465. The van der Waals surface area contributed by atoms with E-state index in [1.807, 2.05) is 6.92 Å². The van der Waals surface area contributed by atoms with Crippen molar-refractivity contribution in [2.45, 2.75) is 38.5 Å². The lowest BCUT2D eigenvalue weighted by Crippen LogP contribution is -2.39. The zero-order valence-corrected chi connectivity index (χ0v) is 17.3. The van der Waals surface area contributed by atoms with Gasteiger partial charge in [0.05, 0.1) is 18.1 Å². The molecule has 1 fully saturated rings. The maximum Gasteiger partial charge on any atom is 0.416 e. The first-order chi connectivity index (χ1) is 15.3. The predicted molar refractivity (Wildman–Crippen MR) is 111 cm³/mol. The summed E-state index contributed by atoms with van der Waals surface area (Å²) in [5, 5.41) is 3.10. The Balaban J connectivity index is 1.48. The van der Waals surface area contributed by atoms with E-state index in [4.69, 9.17) is 4.74 Å². The number of carbonyl (C=O) groups excluding carboxylic acids is 1. The Bertz CT molecular complexity index is 1090. The highest BCUT2D eigenvalue weighted by atomic mass is 19.3. The van der Waals surface area contributed by atoms with Crippen LogP contribution in [0.3, 0.4) is 0 Å². The van der Waals surface area contributed by atoms with Gasteiger partial charge in [-0.15, -0.1) is 0 Å². The molecule has 1 aromatic carbocycles. The lowest BCUT2D eigenvalue weighted by atomic mass is 10.2. The third kappa shape index (κ3) is 4.36. The van der Waals surface area contributed by atoms with Crippen molar-refractivity contribution < 1.29 is 22.7 Å². The number of hydrogen-bond donors (Lipinski definition) is 1. The molecule has 0 bridgehead atoms. The van der Waals surface area contributed by atoms with Gasteiger partial charge in [-0.3, -0.25) is 4.90 Å². The summed E-state index contributed by atoms with van der Waals surface area (Å²) in [6.07, 6.45) is 0.340. The van der Waals surface area contributed by atoms with Crippen LogP contribution >= 0.6 is 0 Å². The van der Waals surface area contributed by atoms with Crippen LogP contribution in [0.15, 0.2) is 49.1 Å². The fourth-order valence-corrected chi connectivity index (χ4v) is 3.35. The summed E-state index contributed by atoms with van der Waals surface area (Å²) < 4.78 is 46.0. The SMILES string of the molecule is C[C@H](Nc1nccc(N2C(=O)OCC2[C@H](C)F)n1)c1cn(-c2ccc(C(F)F)cc2)cn1. The number of ether oxygens (including phenoxy) is 1. The maximum absolute atomic E-state index is 13.9. The molecular formula is C21H21F3N6O2. The molecule has 3 heterocycles. The maximum atomic E-state index is 13.9. The minimum atomic E-state index is -2.52. The van der Waals surface area contributed by atoms with Gasteiger partial charge < -0.3 is 14.6 Å². The van der Waals surface area contributed by atoms with E-state index in [1.54, 1.807) is 29.2 Å². The Morgan fingerprint density at radius 1 is 1.12 bits per heavy atom. The number of aromatic nitrogens is 4. The summed E-state index contributed by atoms with van der Waals surface area (Å²) >= 11 is 0. The number of carbonyl (C=O) groups is 1. The van der Waals surface area contributed by atoms with E-state index in [2.05, 4.69) is 20.3 Å². The molecule has 0 spiro atoms. The number of cyclic esters (lactones) is 1. The van der Waals surface area contributed by atoms with Gasteiger partial charge in [0.25, 0.3) is 6.43 Å². The third-order valence-corrected chi connectivity index (χ3v) is 5.16. The van der Waals surface area contributed by atoms with Crippen molar-refractivity contribution in [2.24, 2.45) is 0 Å². The van der Waals surface area contributed by atoms with Gasteiger partial charge in [0, 0.05) is 23.6 Å². The molecule has 0 radical (unpaired) electrons. The molecule has 1 saturated heterocycles. The molecule has 1 unspecified atom stereocenters. The number of rotatable bonds is 7. The number of anilines is 2. The van der Waals surface area contributed by atoms with Crippen molar-refractivity contribution in [3.05, 3.63) is 60.3 Å². The van der Waals surface area contributed by atoms with E-state index in [-0.39, 0.29) is 30.0 Å². The summed E-state index contributed by atoms with van der Waals surface area (Å²) in [7, 11) is 0. The average molecular weight is 446 g/mol. The van der Waals surface area contributed by atoms with Crippen molar-refractivity contribution in [2.75, 3.05) is 16.8 Å². The molecule has 2 aromatic heterocycles. The lowest BCUT2D eigenvalue weighted by molar-refractivity contribution is 0.151. The average Bonchev–Trinajstić information content (AvgIpc) is 3.41. The summed E-state index contributed by atoms with van der Waals surface area (Å²) in [4.78, 5) is 26.1. The van der Waals surface area contributed by atoms with Crippen LogP contribution in [-0.2, 0) is 4.74 Å². The highest BCUT2D eigenvalue weighted by Gasteiger charge is 2.39. The van der Waals surface area contributed by atoms with Crippen molar-refractivity contribution >= 4 is 17.9 Å². The second-order valence-corrected chi connectivity index (χ2v) is 7.39. The summed E-state index contributed by atoms with van der Waals surface area (Å²) in [5.41, 5.74) is 1.30. The molecule has 1 amide bonds. The molecule has 0 aliphatic carbocycles. The Morgan fingerprint density at radius 2 is 1.88 bits per heavy atom. The Morgan fingerprint density at radius 3 is 2.56 bits per heavy atom. The van der Waals surface area contributed by atoms with Crippen LogP contribution in [0.25, 0.3) is 5.69 Å². The van der Waals surface area contributed by atoms with E-state index in [9.17, 15) is 18.0 Å². The van der Waals surface area contributed by atoms with Crippen molar-refractivity contribution in [3.63, 3.8) is 0 Å². The van der Waals surface area contributed by atoms with Gasteiger partial charge in [0.1, 0.15) is 24.6 Å². The number of benzene rings is 1. The largest absolute Gasteiger partial charge is 0.447 e. The normalized spacial score (nSPS) is 18.0. The van der Waals surface area contributed by atoms with Crippen LogP contribution in [-0.4, -0.2) is 44.4 Å². The van der Waals surface area contributed by atoms with Crippen LogP contribution in [0, 0.1) is 0 Å². The number of amides is 1. The van der Waals surface area contributed by atoms with E-state index < -0.39 is 24.7 Å². The lowest BCUT2D eigenvalue weighted by Gasteiger charge is -2.21. The van der Waals surface area contributed by atoms with Crippen molar-refractivity contribution in [3.8, 4) is 5.69 Å². The number of alkyl halides is 3. The fourth-order valence-electron chi connectivity index (χ4n) is 3.35. The molecule has 1 aliphatic heterocycles. The minimum absolute atomic E-state index is 0.0462. The van der Waals surface area contributed by atoms with Gasteiger partial charge in [0.15, 0.2) is 0 Å². The molecular weight excluding hydrogens is 425 g/mol. The van der Waals surface area contributed by atoms with Gasteiger partial charge in [-0.2, -0.15) is 4.98 Å². The zero-order chi connectivity index (χ0) is 22.8. The number of nitrogens with zero attached hydrogens (tertiary/aromatic N) is 5. The van der Waals surface area contributed by atoms with Crippen LogP contribution in [0.1, 0.15) is 37.6 Å². The van der Waals surface area contributed by atoms with Crippen LogP contribution in [0.5, 0.6) is 0 Å². The van der Waals surface area contributed by atoms with E-state index in [0.717, 1.165) is 0 Å². The van der Waals surface area contributed by atoms with Gasteiger partial charge >= 0.3 is 6.09 Å². The van der Waals surface area contributed by atoms with Crippen LogP contribution < -0.4 is 10.2 Å². The second kappa shape index (κ2) is 8.85. The number of hydrogen-bond acceptors (Lipinski definition) is 6. The zero-order valence-electron chi connectivity index (χ0n) is 17.3. The van der Waals surface area contributed by atoms with Gasteiger partial charge in [-0.1, -0.05) is 12.1 Å². The number of imidazole rings is 1. The molecule has 1 aliphatic rings. The van der Waals surface area contributed by atoms with E-state index >= 15 is 0 Å². The molecule has 32 heavy (non-hydrogen) atoms. The third-order valence-electron chi connectivity index (χ3n) is 5.16. The Kier molecular flexibility index (Phi) is 5.97. The quantitative estimate of drug-likeness (QED) is 0.577. The van der Waals surface area contributed by atoms with Crippen LogP contribution in [0.4, 0.5) is 29.7 Å². The molecule has 1 N–H and O–H groups in total. The Labute approximate surface area is 182 Å². The fraction of sp³-hybridized carbons (Fsp3) is 0.333. The van der Waals surface area contributed by atoms with Crippen molar-refractivity contribution in [1.29, 1.82) is 0 Å². The summed E-state index contributed by atoms with van der Waals surface area (Å²) in [6, 6.07) is 6.37. The monoisotopic (exact) mass is 446 g/mol. The predicted octanol–water partition coefficient (Wildman–Crippen LogP) is 4.46. The standard InChI is InChI=1S/C21H21F3N6O2/c1-12(22)17-10-32-21(31)30(17)18-7-8-25-20(28-18)27-13(2)16-9-29(11-26-16)15-5-3-14(4-6-15)19(23)24/h3-9,11-13,17,19H,10H2,1-2H3,(H,25,27,28)/t12-,13-,17?/m0/s1. The number of halogens is 3. The first-order valence-corrected chi connectivity index (χ1v) is 9.95. The molecule has 3 atom stereocenters. The van der Waals surface area contributed by atoms with Gasteiger partial charge in [-0.25, -0.2) is 27.9 Å². The van der Waals surface area contributed by atoms with Gasteiger partial charge in [0.2, 0.25) is 5.95 Å². The Hall–Kier alpha value is -3.63. The van der Waals surface area contributed by atoms with E-state index in [0.29, 0.717) is 11.4 Å². The van der Waals surface area contributed by atoms with Gasteiger partial charge in [-0.05, 0) is 32.0 Å². The topological polar surface area (TPSA) is 85.2 Å². The minimum Gasteiger partial charge on any atom is -0.447 e.